The first-order valence-corrected chi connectivity index (χ1v) is 15.3. The molecule has 1 atom stereocenters. The van der Waals surface area contributed by atoms with E-state index in [1.54, 1.807) is 24.1 Å². The van der Waals surface area contributed by atoms with Gasteiger partial charge in [-0.1, -0.05) is 6.07 Å². The average Bonchev–Trinajstić information content (AvgIpc) is 3.18. The Kier molecular flexibility index (Phi) is 7.54. The van der Waals surface area contributed by atoms with Gasteiger partial charge in [-0.25, -0.2) is 13.6 Å². The number of carbonyl (C=O) groups is 1. The molecule has 212 valence electrons. The van der Waals surface area contributed by atoms with E-state index in [0.717, 1.165) is 27.0 Å². The zero-order chi connectivity index (χ0) is 29.6. The maximum atomic E-state index is 13.5. The molecule has 1 unspecified atom stereocenters. The number of rotatable bonds is 6. The lowest BCUT2D eigenvalue weighted by molar-refractivity contribution is -0.116. The number of hydrogen-bond acceptors (Lipinski definition) is 8. The molecule has 0 radical (unpaired) electrons. The number of ether oxygens (including phenoxy) is 1. The number of carbonyl (C=O) groups excluding carboxylic acids is 1. The minimum atomic E-state index is -3.89. The second-order valence-electron chi connectivity index (χ2n) is 10.1. The van der Waals surface area contributed by atoms with E-state index in [4.69, 9.17) is 15.6 Å². The predicted octanol–water partition coefficient (Wildman–Crippen LogP) is 4.27. The van der Waals surface area contributed by atoms with Gasteiger partial charge in [-0.15, -0.1) is 0 Å². The van der Waals surface area contributed by atoms with Gasteiger partial charge in [-0.05, 0) is 84.6 Å². The molecule has 0 saturated heterocycles. The molecule has 10 nitrogen and oxygen atoms in total. The number of halogens is 1. The number of primary sulfonamides is 1. The molecule has 12 heteroatoms. The fraction of sp³-hybridized carbons (Fsp3) is 0.276. The van der Waals surface area contributed by atoms with Gasteiger partial charge in [-0.3, -0.25) is 14.4 Å². The van der Waals surface area contributed by atoms with E-state index in [9.17, 15) is 18.5 Å². The molecule has 0 spiro atoms. The van der Waals surface area contributed by atoms with Crippen LogP contribution >= 0.6 is 15.9 Å². The smallest absolute Gasteiger partial charge is 0.238 e. The highest BCUT2D eigenvalue weighted by Crippen LogP contribution is 2.47. The summed E-state index contributed by atoms with van der Waals surface area (Å²) in [5.74, 6) is 0.126. The van der Waals surface area contributed by atoms with Crippen LogP contribution in [0.25, 0.3) is 0 Å². The van der Waals surface area contributed by atoms with Crippen molar-refractivity contribution in [3.05, 3.63) is 92.1 Å². The second-order valence-corrected chi connectivity index (χ2v) is 12.4. The number of nitrogens with zero attached hydrogens (tertiary/aromatic N) is 4. The third kappa shape index (κ3) is 5.05. The van der Waals surface area contributed by atoms with E-state index in [1.165, 1.54) is 12.1 Å². The van der Waals surface area contributed by atoms with Crippen LogP contribution in [0.4, 0.5) is 5.69 Å². The molecule has 0 amide bonds. The molecule has 2 aromatic carbocycles. The highest BCUT2D eigenvalue weighted by Gasteiger charge is 2.40. The van der Waals surface area contributed by atoms with Crippen molar-refractivity contribution < 1.29 is 17.9 Å². The number of anilines is 1. The van der Waals surface area contributed by atoms with Gasteiger partial charge in [0.05, 0.1) is 52.0 Å². The molecule has 0 fully saturated rings. The first kappa shape index (κ1) is 28.6. The van der Waals surface area contributed by atoms with E-state index in [0.29, 0.717) is 48.5 Å². The van der Waals surface area contributed by atoms with Gasteiger partial charge in [0.25, 0.3) is 0 Å². The second kappa shape index (κ2) is 10.8. The average molecular weight is 638 g/mol. The highest BCUT2D eigenvalue weighted by molar-refractivity contribution is 9.10. The third-order valence-electron chi connectivity index (χ3n) is 7.59. The van der Waals surface area contributed by atoms with Gasteiger partial charge in [-0.2, -0.15) is 10.4 Å². The first-order valence-electron chi connectivity index (χ1n) is 12.9. The van der Waals surface area contributed by atoms with Crippen LogP contribution in [0.2, 0.25) is 0 Å². The highest BCUT2D eigenvalue weighted by atomic mass is 79.9. The van der Waals surface area contributed by atoms with Crippen LogP contribution in [0.15, 0.2) is 74.5 Å². The molecular formula is C29H29BrN6O4S. The van der Waals surface area contributed by atoms with Crippen molar-refractivity contribution >= 4 is 37.4 Å². The number of methoxy groups -OCH3 is 1. The SMILES string of the molecule is COc1ccc(C2C(C#N)=C(N)N(c3ccc(S(N)(=O)=O)cc3)C3=C2C(=O)CCC3)cc1Cn1nc(C)c(Br)c1C. The van der Waals surface area contributed by atoms with Crippen molar-refractivity contribution in [2.24, 2.45) is 10.9 Å². The van der Waals surface area contributed by atoms with Crippen LogP contribution in [0.5, 0.6) is 5.75 Å². The Morgan fingerprint density at radius 3 is 2.46 bits per heavy atom. The van der Waals surface area contributed by atoms with Crippen molar-refractivity contribution in [3.63, 3.8) is 0 Å². The molecule has 4 N–H and O–H groups in total. The summed E-state index contributed by atoms with van der Waals surface area (Å²) < 4.78 is 32.1. The van der Waals surface area contributed by atoms with E-state index in [-0.39, 0.29) is 22.1 Å². The number of sulfonamides is 1. The van der Waals surface area contributed by atoms with Crippen LogP contribution in [0.1, 0.15) is 47.7 Å². The quantitative estimate of drug-likeness (QED) is 0.406. The summed E-state index contributed by atoms with van der Waals surface area (Å²) in [7, 11) is -2.30. The predicted molar refractivity (Wildman–Crippen MR) is 157 cm³/mol. The van der Waals surface area contributed by atoms with Crippen molar-refractivity contribution in [2.75, 3.05) is 12.0 Å². The monoisotopic (exact) mass is 636 g/mol. The minimum absolute atomic E-state index is 0.0477. The third-order valence-corrected chi connectivity index (χ3v) is 9.66. The van der Waals surface area contributed by atoms with E-state index < -0.39 is 15.9 Å². The van der Waals surface area contributed by atoms with Gasteiger partial charge in [0.2, 0.25) is 10.0 Å². The van der Waals surface area contributed by atoms with E-state index in [2.05, 4.69) is 27.1 Å². The maximum Gasteiger partial charge on any atom is 0.238 e. The molecule has 1 aromatic heterocycles. The number of hydrogen-bond donors (Lipinski definition) is 2. The van der Waals surface area contributed by atoms with Crippen molar-refractivity contribution in [1.82, 2.24) is 9.78 Å². The van der Waals surface area contributed by atoms with Crippen LogP contribution in [-0.2, 0) is 21.4 Å². The molecule has 2 aliphatic rings. The van der Waals surface area contributed by atoms with Crippen molar-refractivity contribution in [1.29, 1.82) is 5.26 Å². The summed E-state index contributed by atoms with van der Waals surface area (Å²) in [6.07, 6.45) is 1.55. The van der Waals surface area contributed by atoms with E-state index in [1.807, 2.05) is 36.7 Å². The summed E-state index contributed by atoms with van der Waals surface area (Å²) in [6, 6.07) is 13.8. The van der Waals surface area contributed by atoms with Crippen LogP contribution in [-0.4, -0.2) is 31.1 Å². The summed E-state index contributed by atoms with van der Waals surface area (Å²) >= 11 is 3.58. The van der Waals surface area contributed by atoms with Gasteiger partial charge < -0.3 is 10.5 Å². The molecule has 0 saturated carbocycles. The lowest BCUT2D eigenvalue weighted by Gasteiger charge is -2.39. The Labute approximate surface area is 247 Å². The normalized spacial score (nSPS) is 17.5. The van der Waals surface area contributed by atoms with E-state index >= 15 is 0 Å². The number of aryl methyl sites for hydroxylation is 1. The summed E-state index contributed by atoms with van der Waals surface area (Å²) in [4.78, 5) is 15.2. The zero-order valence-corrected chi connectivity index (χ0v) is 25.2. The largest absolute Gasteiger partial charge is 0.496 e. The Bertz CT molecular complexity index is 1780. The minimum Gasteiger partial charge on any atom is -0.496 e. The Morgan fingerprint density at radius 1 is 1.17 bits per heavy atom. The van der Waals surface area contributed by atoms with Crippen LogP contribution < -0.4 is 20.5 Å². The molecule has 5 rings (SSSR count). The molecule has 41 heavy (non-hydrogen) atoms. The summed E-state index contributed by atoms with van der Waals surface area (Å²) in [5, 5.41) is 20.3. The fourth-order valence-corrected chi connectivity index (χ4v) is 6.39. The topological polar surface area (TPSA) is 157 Å². The Morgan fingerprint density at radius 2 is 1.88 bits per heavy atom. The summed E-state index contributed by atoms with van der Waals surface area (Å²) in [5.41, 5.74) is 12.1. The molecule has 1 aliphatic heterocycles. The molecule has 3 aromatic rings. The molecule has 2 heterocycles. The lowest BCUT2D eigenvalue weighted by atomic mass is 9.75. The molecule has 1 aliphatic carbocycles. The number of Topliss-reactive ketones (excluding diaryl/α,β-unsaturated/α-hetero) is 1. The molecular weight excluding hydrogens is 608 g/mol. The Balaban J connectivity index is 1.65. The number of nitriles is 1. The number of aromatic nitrogens is 2. The van der Waals surface area contributed by atoms with Gasteiger partial charge in [0, 0.05) is 28.9 Å². The van der Waals surface area contributed by atoms with Gasteiger partial charge in [0.15, 0.2) is 5.78 Å². The molecule has 0 bridgehead atoms. The number of benzene rings is 2. The first-order chi connectivity index (χ1) is 19.5. The zero-order valence-electron chi connectivity index (χ0n) is 22.8. The number of allylic oxidation sites excluding steroid dienone is 3. The van der Waals surface area contributed by atoms with Crippen LogP contribution in [0.3, 0.4) is 0 Å². The number of nitrogens with two attached hydrogens (primary N) is 2. The van der Waals surface area contributed by atoms with Gasteiger partial charge in [0.1, 0.15) is 11.6 Å². The van der Waals surface area contributed by atoms with Crippen LogP contribution in [0, 0.1) is 25.2 Å². The summed E-state index contributed by atoms with van der Waals surface area (Å²) in [6.45, 7) is 4.32. The lowest BCUT2D eigenvalue weighted by Crippen LogP contribution is -2.38. The standard InChI is InChI=1S/C29H29BrN6O4S/c1-16-28(30)17(2)35(34-16)15-19-13-18(7-12-25(19)40-3)26-22(14-31)29(32)36(23-5-4-6-24(37)27(23)26)20-8-10-21(11-9-20)41(33,38)39/h7-13,26H,4-6,15,32H2,1-3H3,(H2,33,38,39). The fourth-order valence-electron chi connectivity index (χ4n) is 5.59. The number of ketones is 1. The van der Waals surface area contributed by atoms with Crippen molar-refractivity contribution in [2.45, 2.75) is 50.5 Å². The maximum absolute atomic E-state index is 13.5. The van der Waals surface area contributed by atoms with Crippen molar-refractivity contribution in [3.8, 4) is 11.8 Å². The Hall–Kier alpha value is -3.92. The van der Waals surface area contributed by atoms with Gasteiger partial charge >= 0.3 is 0 Å².